The molecule has 8 heteroatoms. The molecule has 0 saturated carbocycles. The van der Waals surface area contributed by atoms with Crippen molar-refractivity contribution in [3.05, 3.63) is 70.8 Å². The van der Waals surface area contributed by atoms with Gasteiger partial charge in [-0.3, -0.25) is 0 Å². The van der Waals surface area contributed by atoms with E-state index in [4.69, 9.17) is 14.9 Å². The van der Waals surface area contributed by atoms with Gasteiger partial charge >= 0.3 is 18.1 Å². The van der Waals surface area contributed by atoms with Crippen LogP contribution in [0.5, 0.6) is 0 Å². The molecule has 0 bridgehead atoms. The zero-order chi connectivity index (χ0) is 18.8. The molecule has 0 aromatic heterocycles. The summed E-state index contributed by atoms with van der Waals surface area (Å²) in [6, 6.07) is 8.26. The van der Waals surface area contributed by atoms with E-state index < -0.39 is 23.7 Å². The summed E-state index contributed by atoms with van der Waals surface area (Å²) in [7, 11) is 0.879. The first-order valence-corrected chi connectivity index (χ1v) is 6.93. The van der Waals surface area contributed by atoms with Gasteiger partial charge in [0.1, 0.15) is 0 Å². The van der Waals surface area contributed by atoms with Crippen LogP contribution in [0.25, 0.3) is 0 Å². The normalized spacial score (nSPS) is 12.0. The molecule has 5 nitrogen and oxygen atoms in total. The van der Waals surface area contributed by atoms with Crippen molar-refractivity contribution in [2.24, 2.45) is 0 Å². The van der Waals surface area contributed by atoms with Crippen LogP contribution in [0.2, 0.25) is 0 Å². The van der Waals surface area contributed by atoms with E-state index in [-0.39, 0.29) is 22.3 Å². The average molecular weight is 354 g/mol. The zero-order valence-corrected chi connectivity index (χ0v) is 12.9. The topological polar surface area (TPSA) is 83.8 Å². The number of methoxy groups -OCH3 is 1. The summed E-state index contributed by atoms with van der Waals surface area (Å²) in [6.45, 7) is 0. The highest BCUT2D eigenvalue weighted by molar-refractivity contribution is 5.88. The fourth-order valence-corrected chi connectivity index (χ4v) is 2.54. The molecule has 132 valence electrons. The SMILES string of the molecule is COC(c1ccc(C(=O)O)cc1)(c1ccc(C(=O)O)cc1)C(F)(F)F. The van der Waals surface area contributed by atoms with Crippen molar-refractivity contribution in [3.63, 3.8) is 0 Å². The van der Waals surface area contributed by atoms with Crippen molar-refractivity contribution in [3.8, 4) is 0 Å². The number of alkyl halides is 3. The van der Waals surface area contributed by atoms with Crippen LogP contribution >= 0.6 is 0 Å². The second-order valence-electron chi connectivity index (χ2n) is 5.15. The van der Waals surface area contributed by atoms with Crippen LogP contribution in [0.4, 0.5) is 13.2 Å². The third kappa shape index (κ3) is 3.20. The minimum absolute atomic E-state index is 0.169. The van der Waals surface area contributed by atoms with E-state index in [0.29, 0.717) is 0 Å². The smallest absolute Gasteiger partial charge is 0.425 e. The maximum atomic E-state index is 13.9. The summed E-state index contributed by atoms with van der Waals surface area (Å²) in [4.78, 5) is 21.8. The van der Waals surface area contributed by atoms with Crippen LogP contribution < -0.4 is 0 Å². The van der Waals surface area contributed by atoms with Crippen LogP contribution in [0.3, 0.4) is 0 Å². The monoisotopic (exact) mass is 354 g/mol. The van der Waals surface area contributed by atoms with Crippen LogP contribution in [-0.2, 0) is 10.3 Å². The molecule has 0 unspecified atom stereocenters. The number of carbonyl (C=O) groups is 2. The number of aromatic carboxylic acids is 2. The lowest BCUT2D eigenvalue weighted by molar-refractivity contribution is -0.258. The summed E-state index contributed by atoms with van der Waals surface area (Å²) >= 11 is 0. The Kier molecular flexibility index (Phi) is 4.85. The first-order valence-electron chi connectivity index (χ1n) is 6.93. The van der Waals surface area contributed by atoms with Crippen molar-refractivity contribution in [1.82, 2.24) is 0 Å². The first kappa shape index (κ1) is 18.5. The molecule has 0 aliphatic heterocycles. The molecule has 0 aliphatic rings. The summed E-state index contributed by atoms with van der Waals surface area (Å²) in [6.07, 6.45) is -4.88. The van der Waals surface area contributed by atoms with E-state index in [1.165, 1.54) is 0 Å². The molecule has 2 aromatic rings. The third-order valence-electron chi connectivity index (χ3n) is 3.78. The molecule has 0 aliphatic carbocycles. The summed E-state index contributed by atoms with van der Waals surface area (Å²) in [5.41, 5.74) is -3.85. The maximum absolute atomic E-state index is 13.9. The fraction of sp³-hybridized carbons (Fsp3) is 0.176. The Labute approximate surface area is 140 Å². The number of carboxylic acid groups (broad SMARTS) is 2. The lowest BCUT2D eigenvalue weighted by Crippen LogP contribution is -2.45. The second-order valence-corrected chi connectivity index (χ2v) is 5.15. The molecule has 0 spiro atoms. The highest BCUT2D eigenvalue weighted by Crippen LogP contribution is 2.47. The number of halogens is 3. The van der Waals surface area contributed by atoms with Gasteiger partial charge in [0.2, 0.25) is 5.60 Å². The molecule has 2 N–H and O–H groups in total. The predicted molar refractivity (Wildman–Crippen MR) is 80.6 cm³/mol. The Morgan fingerprint density at radius 3 is 1.32 bits per heavy atom. The zero-order valence-electron chi connectivity index (χ0n) is 12.9. The molecule has 0 atom stereocenters. The lowest BCUT2D eigenvalue weighted by atomic mass is 9.84. The minimum atomic E-state index is -4.88. The third-order valence-corrected chi connectivity index (χ3v) is 3.78. The van der Waals surface area contributed by atoms with Gasteiger partial charge in [0.25, 0.3) is 0 Å². The Morgan fingerprint density at radius 1 is 0.800 bits per heavy atom. The number of carboxylic acids is 2. The standard InChI is InChI=1S/C17H13F3O5/c1-25-16(17(18,19)20,12-6-2-10(3-7-12)14(21)22)13-8-4-11(5-9-13)15(23)24/h2-9H,1H3,(H,21,22)(H,23,24). The van der Waals surface area contributed by atoms with E-state index in [9.17, 15) is 22.8 Å². The van der Waals surface area contributed by atoms with Crippen molar-refractivity contribution in [2.45, 2.75) is 11.8 Å². The number of hydrogen-bond acceptors (Lipinski definition) is 3. The van der Waals surface area contributed by atoms with E-state index >= 15 is 0 Å². The van der Waals surface area contributed by atoms with Crippen LogP contribution in [0.1, 0.15) is 31.8 Å². The van der Waals surface area contributed by atoms with E-state index in [0.717, 1.165) is 55.6 Å². The largest absolute Gasteiger partial charge is 0.478 e. The molecular weight excluding hydrogens is 341 g/mol. The highest BCUT2D eigenvalue weighted by atomic mass is 19.4. The molecule has 0 fully saturated rings. The van der Waals surface area contributed by atoms with Crippen molar-refractivity contribution >= 4 is 11.9 Å². The Hall–Kier alpha value is -2.87. The fourth-order valence-electron chi connectivity index (χ4n) is 2.54. The molecule has 0 amide bonds. The second kappa shape index (κ2) is 6.56. The minimum Gasteiger partial charge on any atom is -0.478 e. The summed E-state index contributed by atoms with van der Waals surface area (Å²) in [5.74, 6) is -2.54. The van der Waals surface area contributed by atoms with E-state index in [1.807, 2.05) is 0 Å². The molecule has 0 heterocycles. The summed E-state index contributed by atoms with van der Waals surface area (Å²) in [5, 5.41) is 17.8. The summed E-state index contributed by atoms with van der Waals surface area (Å²) < 4.78 is 46.6. The Morgan fingerprint density at radius 2 is 1.12 bits per heavy atom. The molecular formula is C17H13F3O5. The molecule has 2 aromatic carbocycles. The maximum Gasteiger partial charge on any atom is 0.425 e. The van der Waals surface area contributed by atoms with Gasteiger partial charge in [0.15, 0.2) is 0 Å². The first-order chi connectivity index (χ1) is 11.6. The highest BCUT2D eigenvalue weighted by Gasteiger charge is 2.58. The van der Waals surface area contributed by atoms with Crippen molar-refractivity contribution in [1.29, 1.82) is 0 Å². The van der Waals surface area contributed by atoms with Crippen molar-refractivity contribution in [2.75, 3.05) is 7.11 Å². The lowest BCUT2D eigenvalue weighted by Gasteiger charge is -2.35. The molecule has 25 heavy (non-hydrogen) atoms. The Bertz CT molecular complexity index is 722. The number of rotatable bonds is 5. The van der Waals surface area contributed by atoms with Gasteiger partial charge in [-0.2, -0.15) is 13.2 Å². The Balaban J connectivity index is 2.65. The van der Waals surface area contributed by atoms with Gasteiger partial charge in [-0.1, -0.05) is 24.3 Å². The van der Waals surface area contributed by atoms with Crippen LogP contribution in [-0.4, -0.2) is 35.4 Å². The van der Waals surface area contributed by atoms with E-state index in [2.05, 4.69) is 0 Å². The quantitative estimate of drug-likeness (QED) is 0.858. The average Bonchev–Trinajstić information content (AvgIpc) is 2.55. The van der Waals surface area contributed by atoms with Crippen LogP contribution in [0, 0.1) is 0 Å². The van der Waals surface area contributed by atoms with Gasteiger partial charge < -0.3 is 14.9 Å². The molecule has 0 radical (unpaired) electrons. The molecule has 0 saturated heterocycles. The van der Waals surface area contributed by atoms with E-state index in [1.54, 1.807) is 0 Å². The number of benzene rings is 2. The van der Waals surface area contributed by atoms with Crippen LogP contribution in [0.15, 0.2) is 48.5 Å². The molecule has 2 rings (SSSR count). The van der Waals surface area contributed by atoms with Gasteiger partial charge in [0.05, 0.1) is 11.1 Å². The van der Waals surface area contributed by atoms with Crippen molar-refractivity contribution < 1.29 is 37.7 Å². The van der Waals surface area contributed by atoms with Gasteiger partial charge in [-0.05, 0) is 35.4 Å². The predicted octanol–water partition coefficient (Wildman–Crippen LogP) is 3.54. The van der Waals surface area contributed by atoms with Gasteiger partial charge in [0, 0.05) is 7.11 Å². The van der Waals surface area contributed by atoms with Gasteiger partial charge in [-0.15, -0.1) is 0 Å². The number of ether oxygens (including phenoxy) is 1. The number of hydrogen-bond donors (Lipinski definition) is 2. The van der Waals surface area contributed by atoms with Gasteiger partial charge in [-0.25, -0.2) is 9.59 Å².